The third-order valence-corrected chi connectivity index (χ3v) is 3.12. The zero-order valence-electron chi connectivity index (χ0n) is 11.5. The fourth-order valence-corrected chi connectivity index (χ4v) is 1.97. The van der Waals surface area contributed by atoms with Gasteiger partial charge in [-0.1, -0.05) is 24.3 Å². The molecule has 3 nitrogen and oxygen atoms in total. The first-order chi connectivity index (χ1) is 10.2. The molecule has 0 aliphatic rings. The normalized spacial score (nSPS) is 9.76. The highest BCUT2D eigenvalue weighted by Gasteiger charge is 2.04. The first-order valence-electron chi connectivity index (χ1n) is 6.56. The van der Waals surface area contributed by atoms with E-state index in [1.807, 2.05) is 36.4 Å². The maximum absolute atomic E-state index is 11.9. The molecule has 0 aromatic heterocycles. The van der Waals surface area contributed by atoms with Gasteiger partial charge in [-0.25, -0.2) is 0 Å². The first kappa shape index (κ1) is 15.1. The molecule has 0 fully saturated rings. The lowest BCUT2D eigenvalue weighted by molar-refractivity contribution is 0.0954. The number of carbonyl (C=O) groups excluding carboxylic acids is 1. The maximum atomic E-state index is 11.9. The van der Waals surface area contributed by atoms with Crippen molar-refractivity contribution in [3.63, 3.8) is 0 Å². The molecule has 1 amide bonds. The number of rotatable bonds is 5. The Kier molecular flexibility index (Phi) is 5.38. The molecule has 0 aliphatic heterocycles. The van der Waals surface area contributed by atoms with Gasteiger partial charge >= 0.3 is 0 Å². The Morgan fingerprint density at radius 2 is 1.81 bits per heavy atom. The van der Waals surface area contributed by atoms with Gasteiger partial charge in [-0.05, 0) is 61.0 Å². The van der Waals surface area contributed by atoms with Crippen molar-refractivity contribution >= 4 is 29.0 Å². The molecule has 0 spiro atoms. The van der Waals surface area contributed by atoms with Crippen LogP contribution in [0.3, 0.4) is 0 Å². The lowest BCUT2D eigenvalue weighted by Gasteiger charge is -2.06. The number of nitrogens with zero attached hydrogens (tertiary/aromatic N) is 1. The molecule has 0 heterocycles. The van der Waals surface area contributed by atoms with Crippen LogP contribution in [0.15, 0.2) is 53.5 Å². The summed E-state index contributed by atoms with van der Waals surface area (Å²) in [6.07, 6.45) is 0.765. The van der Waals surface area contributed by atoms with Crippen molar-refractivity contribution in [3.8, 4) is 0 Å². The van der Waals surface area contributed by atoms with Crippen LogP contribution in [0.5, 0.6) is 0 Å². The summed E-state index contributed by atoms with van der Waals surface area (Å²) in [6.45, 7) is 4.38. The van der Waals surface area contributed by atoms with E-state index in [0.717, 1.165) is 23.2 Å². The third-order valence-electron chi connectivity index (χ3n) is 3.03. The number of isothiocyanates is 1. The van der Waals surface area contributed by atoms with Crippen molar-refractivity contribution in [2.75, 3.05) is 6.54 Å². The smallest absolute Gasteiger partial charge is 0.251 e. The highest BCUT2D eigenvalue weighted by atomic mass is 32.1. The highest BCUT2D eigenvalue weighted by Crippen LogP contribution is 2.12. The van der Waals surface area contributed by atoms with Crippen molar-refractivity contribution in [1.29, 1.82) is 0 Å². The van der Waals surface area contributed by atoms with Crippen molar-refractivity contribution in [1.82, 2.24) is 5.32 Å². The van der Waals surface area contributed by atoms with E-state index in [2.05, 4.69) is 34.6 Å². The van der Waals surface area contributed by atoms with E-state index in [1.54, 1.807) is 12.1 Å². The van der Waals surface area contributed by atoms with E-state index in [9.17, 15) is 4.79 Å². The van der Waals surface area contributed by atoms with Gasteiger partial charge in [0, 0.05) is 12.1 Å². The largest absolute Gasteiger partial charge is 0.352 e. The summed E-state index contributed by atoms with van der Waals surface area (Å²) >= 11 is 4.55. The average molecular weight is 295 g/mol. The summed E-state index contributed by atoms with van der Waals surface area (Å²) in [5.41, 5.74) is 3.46. The van der Waals surface area contributed by atoms with Crippen LogP contribution in [0.25, 0.3) is 0 Å². The minimum Gasteiger partial charge on any atom is -0.352 e. The Labute approximate surface area is 129 Å². The molecule has 0 atom stereocenters. The summed E-state index contributed by atoms with van der Waals surface area (Å²) in [7, 11) is 0. The Bertz CT molecular complexity index is 656. The van der Waals surface area contributed by atoms with Gasteiger partial charge in [-0.15, -0.1) is 0 Å². The second kappa shape index (κ2) is 7.48. The zero-order valence-corrected chi connectivity index (χ0v) is 12.3. The second-order valence-corrected chi connectivity index (χ2v) is 4.75. The number of aliphatic imine (C=N–C) groups is 1. The molecule has 0 bridgehead atoms. The van der Waals surface area contributed by atoms with E-state index in [-0.39, 0.29) is 5.91 Å². The van der Waals surface area contributed by atoms with Crippen molar-refractivity contribution < 1.29 is 4.79 Å². The van der Waals surface area contributed by atoms with E-state index >= 15 is 0 Å². The molecular formula is C17H15N2OS. The molecule has 21 heavy (non-hydrogen) atoms. The van der Waals surface area contributed by atoms with Crippen LogP contribution in [0.1, 0.15) is 21.5 Å². The summed E-state index contributed by atoms with van der Waals surface area (Å²) in [5.74, 6) is -0.0723. The minimum atomic E-state index is -0.0723. The lowest BCUT2D eigenvalue weighted by Crippen LogP contribution is -2.25. The molecule has 2 aromatic rings. The van der Waals surface area contributed by atoms with Crippen LogP contribution in [-0.4, -0.2) is 17.6 Å². The van der Waals surface area contributed by atoms with Crippen molar-refractivity contribution in [3.05, 3.63) is 72.1 Å². The van der Waals surface area contributed by atoms with Crippen LogP contribution >= 0.6 is 12.2 Å². The predicted molar refractivity (Wildman–Crippen MR) is 88.1 cm³/mol. The van der Waals surface area contributed by atoms with Crippen LogP contribution in [-0.2, 0) is 6.42 Å². The number of thiocarbonyl (C=S) groups is 1. The molecule has 0 unspecified atom stereocenters. The number of amides is 1. The molecule has 1 radical (unpaired) electrons. The second-order valence-electron chi connectivity index (χ2n) is 4.57. The van der Waals surface area contributed by atoms with Crippen molar-refractivity contribution in [2.45, 2.75) is 6.42 Å². The third kappa shape index (κ3) is 4.63. The fourth-order valence-electron chi connectivity index (χ4n) is 1.87. The molecule has 2 aromatic carbocycles. The standard InChI is InChI=1S/C17H15N2OS/c1-13-2-6-15(7-3-13)17(20)18-11-10-14-4-8-16(9-5-14)19-12-21/h2-9H,1,10-11H2,(H,18,20). The van der Waals surface area contributed by atoms with Gasteiger partial charge in [0.05, 0.1) is 10.8 Å². The van der Waals surface area contributed by atoms with Gasteiger partial charge in [-0.2, -0.15) is 4.99 Å². The number of hydrogen-bond donors (Lipinski definition) is 1. The van der Waals surface area contributed by atoms with Crippen LogP contribution in [0, 0.1) is 6.92 Å². The number of carbonyl (C=O) groups is 1. The molecule has 0 aliphatic carbocycles. The van der Waals surface area contributed by atoms with Gasteiger partial charge in [-0.3, -0.25) is 4.79 Å². The summed E-state index contributed by atoms with van der Waals surface area (Å²) in [5, 5.41) is 5.23. The maximum Gasteiger partial charge on any atom is 0.251 e. The van der Waals surface area contributed by atoms with Crippen LogP contribution < -0.4 is 5.32 Å². The van der Waals surface area contributed by atoms with Gasteiger partial charge < -0.3 is 5.32 Å². The molecule has 1 N–H and O–H groups in total. The lowest BCUT2D eigenvalue weighted by atomic mass is 10.1. The molecular weight excluding hydrogens is 280 g/mol. The topological polar surface area (TPSA) is 41.5 Å². The van der Waals surface area contributed by atoms with Gasteiger partial charge in [0.15, 0.2) is 0 Å². The van der Waals surface area contributed by atoms with E-state index in [4.69, 9.17) is 0 Å². The predicted octanol–water partition coefficient (Wildman–Crippen LogP) is 3.58. The average Bonchev–Trinajstić information content (AvgIpc) is 2.50. The van der Waals surface area contributed by atoms with E-state index < -0.39 is 0 Å². The molecule has 105 valence electrons. The molecule has 2 rings (SSSR count). The number of nitrogens with one attached hydrogen (secondary N) is 1. The first-order valence-corrected chi connectivity index (χ1v) is 6.97. The Hall–Kier alpha value is -2.29. The highest BCUT2D eigenvalue weighted by molar-refractivity contribution is 7.78. The van der Waals surface area contributed by atoms with Crippen LogP contribution in [0.4, 0.5) is 5.69 Å². The number of benzene rings is 2. The summed E-state index contributed by atoms with van der Waals surface area (Å²) < 4.78 is 0. The molecule has 0 saturated heterocycles. The molecule has 0 saturated carbocycles. The Balaban J connectivity index is 1.84. The summed E-state index contributed by atoms with van der Waals surface area (Å²) in [4.78, 5) is 15.8. The van der Waals surface area contributed by atoms with Gasteiger partial charge in [0.1, 0.15) is 0 Å². The van der Waals surface area contributed by atoms with E-state index in [1.165, 1.54) is 0 Å². The summed E-state index contributed by atoms with van der Waals surface area (Å²) in [6, 6.07) is 14.9. The Morgan fingerprint density at radius 3 is 2.43 bits per heavy atom. The fraction of sp³-hybridized carbons (Fsp3) is 0.118. The monoisotopic (exact) mass is 295 g/mol. The van der Waals surface area contributed by atoms with E-state index in [0.29, 0.717) is 12.1 Å². The molecule has 4 heteroatoms. The van der Waals surface area contributed by atoms with Gasteiger partial charge in [0.25, 0.3) is 5.91 Å². The number of hydrogen-bond acceptors (Lipinski definition) is 3. The minimum absolute atomic E-state index is 0.0723. The SMILES string of the molecule is [CH2]c1ccc(C(=O)NCCc2ccc(N=C=S)cc2)cc1. The quantitative estimate of drug-likeness (QED) is 0.676. The van der Waals surface area contributed by atoms with Crippen molar-refractivity contribution in [2.24, 2.45) is 4.99 Å². The zero-order chi connectivity index (χ0) is 15.1. The van der Waals surface area contributed by atoms with Crippen LogP contribution in [0.2, 0.25) is 0 Å². The van der Waals surface area contributed by atoms with Gasteiger partial charge in [0.2, 0.25) is 0 Å². The Morgan fingerprint density at radius 1 is 1.14 bits per heavy atom.